The van der Waals surface area contributed by atoms with E-state index < -0.39 is 11.4 Å². The molecule has 0 atom stereocenters. The lowest BCUT2D eigenvalue weighted by Gasteiger charge is -2.14. The third-order valence-corrected chi connectivity index (χ3v) is 5.15. The third-order valence-electron chi connectivity index (χ3n) is 5.15. The number of hydrogen-bond acceptors (Lipinski definition) is 6. The minimum absolute atomic E-state index is 0.137. The summed E-state index contributed by atoms with van der Waals surface area (Å²) in [5.41, 5.74) is 2.52. The maximum Gasteiger partial charge on any atom is 0.343 e. The molecule has 0 aliphatic rings. The van der Waals surface area contributed by atoms with Crippen molar-refractivity contribution in [2.75, 3.05) is 14.2 Å². The molecule has 0 fully saturated rings. The summed E-state index contributed by atoms with van der Waals surface area (Å²) in [6, 6.07) is 17.2. The van der Waals surface area contributed by atoms with Gasteiger partial charge >= 0.3 is 5.97 Å². The fourth-order valence-corrected chi connectivity index (χ4v) is 3.66. The van der Waals surface area contributed by atoms with Crippen molar-refractivity contribution < 1.29 is 23.4 Å². The first kappa shape index (κ1) is 21.2. The highest BCUT2D eigenvalue weighted by molar-refractivity contribution is 5.93. The molecule has 0 N–H and O–H groups in total. The van der Waals surface area contributed by atoms with E-state index in [1.165, 1.54) is 14.2 Å². The van der Waals surface area contributed by atoms with E-state index in [1.807, 2.05) is 19.9 Å². The minimum Gasteiger partial charge on any atom is -0.493 e. The van der Waals surface area contributed by atoms with Crippen LogP contribution in [0.2, 0.25) is 0 Å². The first-order valence-electron chi connectivity index (χ1n) is 10.0. The number of carbonyl (C=O) groups excluding carboxylic acids is 1. The van der Waals surface area contributed by atoms with Crippen molar-refractivity contribution >= 4 is 16.9 Å². The Morgan fingerprint density at radius 2 is 1.59 bits per heavy atom. The van der Waals surface area contributed by atoms with E-state index in [9.17, 15) is 9.59 Å². The highest BCUT2D eigenvalue weighted by Crippen LogP contribution is 2.37. The summed E-state index contributed by atoms with van der Waals surface area (Å²) in [5.74, 6) is 0.286. The van der Waals surface area contributed by atoms with Crippen LogP contribution < -0.4 is 19.6 Å². The molecule has 0 unspecified atom stereocenters. The molecular formula is C26H22O6. The van der Waals surface area contributed by atoms with Crippen molar-refractivity contribution in [2.45, 2.75) is 13.8 Å². The monoisotopic (exact) mass is 430 g/mol. The number of aryl methyl sites for hydroxylation is 2. The second kappa shape index (κ2) is 8.59. The fraction of sp³-hybridized carbons (Fsp3) is 0.154. The molecule has 3 aromatic carbocycles. The number of carbonyl (C=O) groups is 1. The number of methoxy groups -OCH3 is 2. The maximum atomic E-state index is 13.5. The smallest absolute Gasteiger partial charge is 0.343 e. The van der Waals surface area contributed by atoms with Gasteiger partial charge in [0.15, 0.2) is 17.3 Å². The summed E-state index contributed by atoms with van der Waals surface area (Å²) in [5, 5.41) is 0.371. The normalized spacial score (nSPS) is 10.8. The first-order chi connectivity index (χ1) is 15.4. The predicted molar refractivity (Wildman–Crippen MR) is 122 cm³/mol. The van der Waals surface area contributed by atoms with E-state index in [0.717, 1.165) is 11.1 Å². The molecule has 6 heteroatoms. The van der Waals surface area contributed by atoms with Gasteiger partial charge in [0.05, 0.1) is 25.2 Å². The summed E-state index contributed by atoms with van der Waals surface area (Å²) in [6.45, 7) is 3.75. The van der Waals surface area contributed by atoms with E-state index in [1.54, 1.807) is 54.6 Å². The Morgan fingerprint density at radius 1 is 0.875 bits per heavy atom. The zero-order valence-electron chi connectivity index (χ0n) is 18.2. The number of ether oxygens (including phenoxy) is 3. The quantitative estimate of drug-likeness (QED) is 0.399. The van der Waals surface area contributed by atoms with Crippen LogP contribution in [0.5, 0.6) is 17.2 Å². The first-order valence-corrected chi connectivity index (χ1v) is 10.0. The molecule has 1 heterocycles. The minimum atomic E-state index is -0.649. The highest BCUT2D eigenvalue weighted by Gasteiger charge is 2.23. The summed E-state index contributed by atoms with van der Waals surface area (Å²) in [7, 11) is 3.05. The van der Waals surface area contributed by atoms with Crippen LogP contribution in [0.3, 0.4) is 0 Å². The summed E-state index contributed by atoms with van der Waals surface area (Å²) < 4.78 is 22.5. The lowest BCUT2D eigenvalue weighted by molar-refractivity contribution is 0.0731. The van der Waals surface area contributed by atoms with Crippen molar-refractivity contribution in [1.29, 1.82) is 0 Å². The highest BCUT2D eigenvalue weighted by atomic mass is 16.5. The second-order valence-electron chi connectivity index (χ2n) is 7.37. The van der Waals surface area contributed by atoms with Crippen LogP contribution in [-0.2, 0) is 0 Å². The standard InChI is InChI=1S/C26H22O6/c1-15-12-16(2)22-21(13-15)31-24(18-10-11-19(29-3)20(14-18)30-4)25(23(22)27)32-26(28)17-8-6-5-7-9-17/h5-14H,1-4H3. The number of esters is 1. The molecule has 162 valence electrons. The Kier molecular flexibility index (Phi) is 5.69. The van der Waals surface area contributed by atoms with Crippen LogP contribution in [0.4, 0.5) is 0 Å². The van der Waals surface area contributed by atoms with Crippen LogP contribution in [-0.4, -0.2) is 20.2 Å². The van der Waals surface area contributed by atoms with Crippen molar-refractivity contribution in [1.82, 2.24) is 0 Å². The number of hydrogen-bond donors (Lipinski definition) is 0. The molecule has 1 aromatic heterocycles. The van der Waals surface area contributed by atoms with E-state index in [0.29, 0.717) is 33.6 Å². The molecular weight excluding hydrogens is 408 g/mol. The van der Waals surface area contributed by atoms with Crippen LogP contribution in [0, 0.1) is 13.8 Å². The Labute approximate surface area is 185 Å². The number of fused-ring (bicyclic) bond motifs is 1. The van der Waals surface area contributed by atoms with E-state index >= 15 is 0 Å². The van der Waals surface area contributed by atoms with Gasteiger partial charge in [-0.05, 0) is 61.4 Å². The SMILES string of the molecule is COc1ccc(-c2oc3cc(C)cc(C)c3c(=O)c2OC(=O)c2ccccc2)cc1OC. The average Bonchev–Trinajstić information content (AvgIpc) is 2.80. The Bertz CT molecular complexity index is 1370. The molecule has 32 heavy (non-hydrogen) atoms. The number of benzene rings is 3. The molecule has 6 nitrogen and oxygen atoms in total. The molecule has 0 spiro atoms. The van der Waals surface area contributed by atoms with Gasteiger partial charge in [-0.3, -0.25) is 4.79 Å². The van der Waals surface area contributed by atoms with Crippen molar-refractivity contribution in [3.63, 3.8) is 0 Å². The topological polar surface area (TPSA) is 75.0 Å². The van der Waals surface area contributed by atoms with Crippen LogP contribution >= 0.6 is 0 Å². The maximum absolute atomic E-state index is 13.5. The summed E-state index contributed by atoms with van der Waals surface area (Å²) in [6.07, 6.45) is 0. The predicted octanol–water partition coefficient (Wildman–Crippen LogP) is 5.31. The molecule has 4 aromatic rings. The zero-order valence-corrected chi connectivity index (χ0v) is 18.2. The van der Waals surface area contributed by atoms with Crippen molar-refractivity contribution in [3.05, 3.63) is 87.6 Å². The zero-order chi connectivity index (χ0) is 22.8. The number of rotatable bonds is 5. The Morgan fingerprint density at radius 3 is 2.28 bits per heavy atom. The molecule has 0 bridgehead atoms. The van der Waals surface area contributed by atoms with E-state index in [4.69, 9.17) is 18.6 Å². The van der Waals surface area contributed by atoms with Gasteiger partial charge in [0.25, 0.3) is 0 Å². The van der Waals surface area contributed by atoms with Gasteiger partial charge in [0.2, 0.25) is 11.2 Å². The van der Waals surface area contributed by atoms with Crippen LogP contribution in [0.25, 0.3) is 22.3 Å². The second-order valence-corrected chi connectivity index (χ2v) is 7.37. The Balaban J connectivity index is 1.97. The summed E-state index contributed by atoms with van der Waals surface area (Å²) in [4.78, 5) is 26.3. The van der Waals surface area contributed by atoms with Gasteiger partial charge in [-0.1, -0.05) is 24.3 Å². The van der Waals surface area contributed by atoms with Gasteiger partial charge < -0.3 is 18.6 Å². The Hall–Kier alpha value is -4.06. The van der Waals surface area contributed by atoms with E-state index in [2.05, 4.69) is 0 Å². The molecule has 0 saturated carbocycles. The van der Waals surface area contributed by atoms with Crippen molar-refractivity contribution in [2.24, 2.45) is 0 Å². The summed E-state index contributed by atoms with van der Waals surface area (Å²) >= 11 is 0. The molecule has 0 amide bonds. The average molecular weight is 430 g/mol. The van der Waals surface area contributed by atoms with E-state index in [-0.39, 0.29) is 11.5 Å². The van der Waals surface area contributed by atoms with Gasteiger partial charge in [-0.25, -0.2) is 4.79 Å². The fourth-order valence-electron chi connectivity index (χ4n) is 3.66. The van der Waals surface area contributed by atoms with Gasteiger partial charge in [0, 0.05) is 5.56 Å². The molecule has 0 aliphatic heterocycles. The van der Waals surface area contributed by atoms with Crippen molar-refractivity contribution in [3.8, 4) is 28.6 Å². The van der Waals surface area contributed by atoms with Gasteiger partial charge in [-0.15, -0.1) is 0 Å². The van der Waals surface area contributed by atoms with Gasteiger partial charge in [-0.2, -0.15) is 0 Å². The van der Waals surface area contributed by atoms with Crippen LogP contribution in [0.15, 0.2) is 69.9 Å². The lowest BCUT2D eigenvalue weighted by atomic mass is 10.0. The molecule has 0 saturated heterocycles. The van der Waals surface area contributed by atoms with Gasteiger partial charge in [0.1, 0.15) is 5.58 Å². The van der Waals surface area contributed by atoms with Crippen LogP contribution in [0.1, 0.15) is 21.5 Å². The molecule has 4 rings (SSSR count). The lowest BCUT2D eigenvalue weighted by Crippen LogP contribution is -2.17. The molecule has 0 radical (unpaired) electrons. The largest absolute Gasteiger partial charge is 0.493 e. The third kappa shape index (κ3) is 3.83. The molecule has 0 aliphatic carbocycles.